The summed E-state index contributed by atoms with van der Waals surface area (Å²) in [7, 11) is 4.02. The molecule has 0 aliphatic carbocycles. The zero-order valence-corrected chi connectivity index (χ0v) is 14.5. The Morgan fingerprint density at radius 2 is 2.00 bits per heavy atom. The third kappa shape index (κ3) is 5.26. The molecular weight excluding hydrogens is 310 g/mol. The van der Waals surface area contributed by atoms with Crippen molar-refractivity contribution in [3.05, 3.63) is 46.7 Å². The molecule has 1 atom stereocenters. The normalized spacial score (nSPS) is 12.0. The Hall–Kier alpha value is -2.05. The van der Waals surface area contributed by atoms with E-state index in [4.69, 9.17) is 4.74 Å². The lowest BCUT2D eigenvalue weighted by Gasteiger charge is -2.24. The molecule has 124 valence electrons. The topological polar surface area (TPSA) is 53.6 Å². The van der Waals surface area contributed by atoms with Crippen LogP contribution in [-0.4, -0.2) is 38.2 Å². The molecule has 1 aromatic heterocycles. The highest BCUT2D eigenvalue weighted by atomic mass is 32.1. The van der Waals surface area contributed by atoms with E-state index in [1.165, 1.54) is 5.56 Å². The summed E-state index contributed by atoms with van der Waals surface area (Å²) in [5, 5.41) is 9.91. The van der Waals surface area contributed by atoms with Crippen LogP contribution in [0.25, 0.3) is 0 Å². The molecule has 1 heterocycles. The maximum atomic E-state index is 12.1. The maximum absolute atomic E-state index is 12.1. The molecular formula is C17H23N3O2S. The highest BCUT2D eigenvalue weighted by Gasteiger charge is 2.15. The number of urea groups is 1. The number of amides is 2. The average molecular weight is 333 g/mol. The number of benzene rings is 1. The van der Waals surface area contributed by atoms with Gasteiger partial charge in [0.05, 0.1) is 12.6 Å². The Kier molecular flexibility index (Phi) is 6.43. The Balaban J connectivity index is 1.86. The summed E-state index contributed by atoms with van der Waals surface area (Å²) < 4.78 is 5.38. The van der Waals surface area contributed by atoms with Crippen molar-refractivity contribution in [2.45, 2.75) is 13.0 Å². The number of hydrogen-bond acceptors (Lipinski definition) is 4. The molecule has 0 saturated carbocycles. The average Bonchev–Trinajstić information content (AvgIpc) is 3.03. The van der Waals surface area contributed by atoms with Gasteiger partial charge in [0.15, 0.2) is 0 Å². The summed E-state index contributed by atoms with van der Waals surface area (Å²) in [5.41, 5.74) is 1.95. The zero-order chi connectivity index (χ0) is 16.7. The van der Waals surface area contributed by atoms with Gasteiger partial charge >= 0.3 is 6.03 Å². The number of rotatable bonds is 7. The summed E-state index contributed by atoms with van der Waals surface area (Å²) in [5.74, 6) is 0.795. The minimum absolute atomic E-state index is 0.160. The van der Waals surface area contributed by atoms with Crippen LogP contribution in [0.4, 0.5) is 10.5 Å². The van der Waals surface area contributed by atoms with E-state index in [0.29, 0.717) is 13.2 Å². The van der Waals surface area contributed by atoms with Gasteiger partial charge < -0.3 is 20.3 Å². The minimum atomic E-state index is -0.212. The van der Waals surface area contributed by atoms with Crippen molar-refractivity contribution < 1.29 is 9.53 Å². The van der Waals surface area contributed by atoms with Crippen LogP contribution in [0, 0.1) is 0 Å². The first-order chi connectivity index (χ1) is 11.1. The lowest BCUT2D eigenvalue weighted by molar-refractivity contribution is 0.243. The minimum Gasteiger partial charge on any atom is -0.494 e. The van der Waals surface area contributed by atoms with Crippen molar-refractivity contribution in [2.24, 2.45) is 0 Å². The summed E-state index contributed by atoms with van der Waals surface area (Å²) >= 11 is 1.66. The van der Waals surface area contributed by atoms with E-state index in [9.17, 15) is 4.79 Å². The van der Waals surface area contributed by atoms with Crippen LogP contribution in [-0.2, 0) is 0 Å². The molecule has 2 aromatic rings. The second kappa shape index (κ2) is 8.55. The summed E-state index contributed by atoms with van der Waals surface area (Å²) in [6.07, 6.45) is 0. The fourth-order valence-corrected chi connectivity index (χ4v) is 2.94. The van der Waals surface area contributed by atoms with Gasteiger partial charge in [-0.1, -0.05) is 0 Å². The van der Waals surface area contributed by atoms with Crippen LogP contribution < -0.4 is 15.4 Å². The van der Waals surface area contributed by atoms with E-state index in [2.05, 4.69) is 27.0 Å². The summed E-state index contributed by atoms with van der Waals surface area (Å²) in [6, 6.07) is 9.37. The van der Waals surface area contributed by atoms with Crippen LogP contribution in [0.3, 0.4) is 0 Å². The molecule has 0 aliphatic heterocycles. The number of nitrogens with zero attached hydrogens (tertiary/aromatic N) is 1. The molecule has 0 spiro atoms. The zero-order valence-electron chi connectivity index (χ0n) is 13.7. The summed E-state index contributed by atoms with van der Waals surface area (Å²) in [6.45, 7) is 3.11. The smallest absolute Gasteiger partial charge is 0.319 e. The molecule has 0 aliphatic rings. The number of carbonyl (C=O) groups is 1. The molecule has 2 N–H and O–H groups in total. The largest absolute Gasteiger partial charge is 0.494 e. The monoisotopic (exact) mass is 333 g/mol. The predicted octanol–water partition coefficient (Wildman–Crippen LogP) is 3.57. The number of ether oxygens (including phenoxy) is 1. The van der Waals surface area contributed by atoms with E-state index in [0.717, 1.165) is 11.4 Å². The first kappa shape index (κ1) is 17.3. The van der Waals surface area contributed by atoms with E-state index in [1.54, 1.807) is 11.3 Å². The van der Waals surface area contributed by atoms with Gasteiger partial charge in [-0.3, -0.25) is 0 Å². The van der Waals surface area contributed by atoms with Gasteiger partial charge in [-0.15, -0.1) is 0 Å². The van der Waals surface area contributed by atoms with Crippen molar-refractivity contribution in [3.63, 3.8) is 0 Å². The lowest BCUT2D eigenvalue weighted by atomic mass is 10.1. The Morgan fingerprint density at radius 3 is 2.57 bits per heavy atom. The van der Waals surface area contributed by atoms with Crippen molar-refractivity contribution in [2.75, 3.05) is 32.6 Å². The van der Waals surface area contributed by atoms with Crippen LogP contribution in [0.15, 0.2) is 41.1 Å². The first-order valence-electron chi connectivity index (χ1n) is 7.56. The van der Waals surface area contributed by atoms with Gasteiger partial charge in [-0.05, 0) is 67.7 Å². The second-order valence-corrected chi connectivity index (χ2v) is 6.11. The molecule has 6 heteroatoms. The lowest BCUT2D eigenvalue weighted by Crippen LogP contribution is -2.36. The number of thiophene rings is 1. The second-order valence-electron chi connectivity index (χ2n) is 5.33. The number of carbonyl (C=O) groups excluding carboxylic acids is 1. The molecule has 0 fully saturated rings. The Morgan fingerprint density at radius 1 is 1.26 bits per heavy atom. The van der Waals surface area contributed by atoms with E-state index >= 15 is 0 Å². The third-order valence-corrected chi connectivity index (χ3v) is 4.13. The van der Waals surface area contributed by atoms with Gasteiger partial charge in [0.25, 0.3) is 0 Å². The van der Waals surface area contributed by atoms with Crippen LogP contribution in [0.1, 0.15) is 18.5 Å². The number of nitrogens with one attached hydrogen (secondary N) is 2. The standard InChI is InChI=1S/C17H23N3O2S/c1-4-22-15-7-5-14(6-8-15)19-17(21)18-11-16(20(2)3)13-9-10-23-12-13/h5-10,12,16H,4,11H2,1-3H3,(H2,18,19,21)/t16-/m0/s1. The highest BCUT2D eigenvalue weighted by molar-refractivity contribution is 7.07. The first-order valence-corrected chi connectivity index (χ1v) is 8.50. The van der Waals surface area contributed by atoms with Crippen LogP contribution in [0.5, 0.6) is 5.75 Å². The number of hydrogen-bond donors (Lipinski definition) is 2. The molecule has 2 amide bonds. The predicted molar refractivity (Wildman–Crippen MR) is 95.4 cm³/mol. The fraction of sp³-hybridized carbons (Fsp3) is 0.353. The van der Waals surface area contributed by atoms with Crippen molar-refractivity contribution in [3.8, 4) is 5.75 Å². The van der Waals surface area contributed by atoms with Gasteiger partial charge in [-0.25, -0.2) is 4.79 Å². The quantitative estimate of drug-likeness (QED) is 0.814. The Bertz CT molecular complexity index is 597. The van der Waals surface area contributed by atoms with E-state index in [1.807, 2.05) is 50.7 Å². The van der Waals surface area contributed by atoms with Gasteiger partial charge in [-0.2, -0.15) is 11.3 Å². The van der Waals surface area contributed by atoms with Crippen LogP contribution >= 0.6 is 11.3 Å². The number of likely N-dealkylation sites (N-methyl/N-ethyl adjacent to an activating group) is 1. The Labute approximate surface area is 141 Å². The van der Waals surface area contributed by atoms with Crippen molar-refractivity contribution in [1.82, 2.24) is 10.2 Å². The van der Waals surface area contributed by atoms with Gasteiger partial charge in [0.1, 0.15) is 5.75 Å². The summed E-state index contributed by atoms with van der Waals surface area (Å²) in [4.78, 5) is 14.1. The molecule has 2 rings (SSSR count). The highest BCUT2D eigenvalue weighted by Crippen LogP contribution is 2.20. The van der Waals surface area contributed by atoms with Gasteiger partial charge in [0, 0.05) is 12.2 Å². The number of anilines is 1. The van der Waals surface area contributed by atoms with E-state index < -0.39 is 0 Å². The SMILES string of the molecule is CCOc1ccc(NC(=O)NC[C@@H](c2ccsc2)N(C)C)cc1. The molecule has 5 nitrogen and oxygen atoms in total. The third-order valence-electron chi connectivity index (χ3n) is 3.43. The molecule has 1 aromatic carbocycles. The van der Waals surface area contributed by atoms with Gasteiger partial charge in [0.2, 0.25) is 0 Å². The molecule has 0 radical (unpaired) electrons. The molecule has 0 bridgehead atoms. The molecule has 0 saturated heterocycles. The van der Waals surface area contributed by atoms with E-state index in [-0.39, 0.29) is 12.1 Å². The van der Waals surface area contributed by atoms with Crippen LogP contribution in [0.2, 0.25) is 0 Å². The molecule has 23 heavy (non-hydrogen) atoms. The van der Waals surface area contributed by atoms with Crippen molar-refractivity contribution in [1.29, 1.82) is 0 Å². The molecule has 0 unspecified atom stereocenters. The fourth-order valence-electron chi connectivity index (χ4n) is 2.23. The maximum Gasteiger partial charge on any atom is 0.319 e. The van der Waals surface area contributed by atoms with Crippen molar-refractivity contribution >= 4 is 23.1 Å².